The summed E-state index contributed by atoms with van der Waals surface area (Å²) < 4.78 is 28.2. The molecule has 184 valence electrons. The van der Waals surface area contributed by atoms with Crippen molar-refractivity contribution in [2.24, 2.45) is 0 Å². The van der Waals surface area contributed by atoms with Gasteiger partial charge in [-0.3, -0.25) is 9.69 Å². The van der Waals surface area contributed by atoms with Crippen molar-refractivity contribution in [3.63, 3.8) is 0 Å². The van der Waals surface area contributed by atoms with Gasteiger partial charge in [-0.2, -0.15) is 5.21 Å². The molecule has 3 aromatic rings. The number of allylic oxidation sites excluding steroid dienone is 2. The van der Waals surface area contributed by atoms with Gasteiger partial charge in [-0.15, -0.1) is 10.2 Å². The van der Waals surface area contributed by atoms with Crippen molar-refractivity contribution in [1.82, 2.24) is 30.4 Å². The van der Waals surface area contributed by atoms with Crippen LogP contribution in [0.2, 0.25) is 0 Å². The minimum absolute atomic E-state index is 0.123. The standard InChI is InChI=1S/C26H30F2N6O/c1-3-5-11-22-24(25(27)28)34(23(35)8-4-2)17-33(22)16-18-12-14-19(15-13-18)20-9-6-7-10-21(20)26-29-31-32-30-26/h6-7,9-10,12-15,25H,3-5,8,11,16-17H2,1-2H3,(H,29,30,31,32). The predicted molar refractivity (Wildman–Crippen MR) is 130 cm³/mol. The van der Waals surface area contributed by atoms with Gasteiger partial charge >= 0.3 is 0 Å². The van der Waals surface area contributed by atoms with Gasteiger partial charge in [0.1, 0.15) is 5.70 Å². The van der Waals surface area contributed by atoms with Gasteiger partial charge in [0, 0.05) is 24.2 Å². The second kappa shape index (κ2) is 11.2. The van der Waals surface area contributed by atoms with Crippen molar-refractivity contribution < 1.29 is 13.6 Å². The van der Waals surface area contributed by atoms with Gasteiger partial charge in [0.05, 0.1) is 6.67 Å². The van der Waals surface area contributed by atoms with Crippen molar-refractivity contribution in [3.8, 4) is 22.5 Å². The zero-order valence-electron chi connectivity index (χ0n) is 20.0. The predicted octanol–water partition coefficient (Wildman–Crippen LogP) is 5.60. The number of amides is 1. The van der Waals surface area contributed by atoms with Crippen molar-refractivity contribution in [2.75, 3.05) is 6.67 Å². The van der Waals surface area contributed by atoms with Crippen LogP contribution in [0.4, 0.5) is 8.78 Å². The first-order valence-corrected chi connectivity index (χ1v) is 12.0. The summed E-state index contributed by atoms with van der Waals surface area (Å²) in [6.07, 6.45) is 0.427. The Kier molecular flexibility index (Phi) is 7.84. The third-order valence-corrected chi connectivity index (χ3v) is 6.17. The summed E-state index contributed by atoms with van der Waals surface area (Å²) >= 11 is 0. The van der Waals surface area contributed by atoms with Gasteiger partial charge in [0.15, 0.2) is 0 Å². The largest absolute Gasteiger partial charge is 0.351 e. The number of carbonyl (C=O) groups is 1. The summed E-state index contributed by atoms with van der Waals surface area (Å²) in [4.78, 5) is 15.8. The lowest BCUT2D eigenvalue weighted by Crippen LogP contribution is -2.34. The van der Waals surface area contributed by atoms with E-state index >= 15 is 0 Å². The number of hydrogen-bond donors (Lipinski definition) is 1. The first-order valence-electron chi connectivity index (χ1n) is 12.0. The Morgan fingerprint density at radius 2 is 1.80 bits per heavy atom. The Balaban J connectivity index is 1.59. The minimum Gasteiger partial charge on any atom is -0.351 e. The summed E-state index contributed by atoms with van der Waals surface area (Å²) in [6, 6.07) is 15.8. The topological polar surface area (TPSA) is 78.0 Å². The molecule has 0 spiro atoms. The monoisotopic (exact) mass is 480 g/mol. The highest BCUT2D eigenvalue weighted by atomic mass is 19.3. The molecule has 1 amide bonds. The Bertz CT molecular complexity index is 1160. The number of tetrazole rings is 1. The molecule has 1 aromatic heterocycles. The number of H-pyrrole nitrogens is 1. The minimum atomic E-state index is -2.68. The first-order chi connectivity index (χ1) is 17.0. The number of unbranched alkanes of at least 4 members (excludes halogenated alkanes) is 1. The van der Waals surface area contributed by atoms with Gasteiger partial charge in [-0.05, 0) is 41.2 Å². The van der Waals surface area contributed by atoms with Crippen LogP contribution >= 0.6 is 0 Å². The SMILES string of the molecule is CCCCC1=C(C(F)F)N(C(=O)CCC)CN1Cc1ccc(-c2ccccc2-c2nn[nH]n2)cc1. The highest BCUT2D eigenvalue weighted by Gasteiger charge is 2.36. The molecule has 0 saturated carbocycles. The van der Waals surface area contributed by atoms with E-state index in [4.69, 9.17) is 0 Å². The molecule has 7 nitrogen and oxygen atoms in total. The molecule has 9 heteroatoms. The van der Waals surface area contributed by atoms with Crippen LogP contribution in [0.1, 0.15) is 51.5 Å². The Morgan fingerprint density at radius 1 is 1.06 bits per heavy atom. The van der Waals surface area contributed by atoms with E-state index in [0.29, 0.717) is 30.9 Å². The third kappa shape index (κ3) is 5.39. The molecule has 4 rings (SSSR count). The summed E-state index contributed by atoms with van der Waals surface area (Å²) in [5, 5.41) is 14.3. The third-order valence-electron chi connectivity index (χ3n) is 6.17. The Morgan fingerprint density at radius 3 is 2.43 bits per heavy atom. The van der Waals surface area contributed by atoms with E-state index in [2.05, 4.69) is 20.6 Å². The lowest BCUT2D eigenvalue weighted by molar-refractivity contribution is -0.130. The molecule has 0 saturated heterocycles. The number of aromatic amines is 1. The maximum absolute atomic E-state index is 14.1. The van der Waals surface area contributed by atoms with Crippen molar-refractivity contribution >= 4 is 5.91 Å². The van der Waals surface area contributed by atoms with Crippen LogP contribution in [0.5, 0.6) is 0 Å². The first kappa shape index (κ1) is 24.5. The van der Waals surface area contributed by atoms with Gasteiger partial charge < -0.3 is 4.90 Å². The van der Waals surface area contributed by atoms with Gasteiger partial charge in [-0.1, -0.05) is 68.8 Å². The number of alkyl halides is 2. The number of nitrogens with one attached hydrogen (secondary N) is 1. The highest BCUT2D eigenvalue weighted by molar-refractivity contribution is 5.80. The van der Waals surface area contributed by atoms with Crippen LogP contribution in [-0.2, 0) is 11.3 Å². The maximum atomic E-state index is 14.1. The molecule has 0 radical (unpaired) electrons. The summed E-state index contributed by atoms with van der Waals surface area (Å²) in [5.41, 5.74) is 4.27. The quantitative estimate of drug-likeness (QED) is 0.409. The van der Waals surface area contributed by atoms with Gasteiger partial charge in [0.2, 0.25) is 11.7 Å². The van der Waals surface area contributed by atoms with E-state index in [-0.39, 0.29) is 24.7 Å². The fraction of sp³-hybridized carbons (Fsp3) is 0.385. The lowest BCUT2D eigenvalue weighted by Gasteiger charge is -2.23. The van der Waals surface area contributed by atoms with E-state index in [1.807, 2.05) is 67.3 Å². The maximum Gasteiger partial charge on any atom is 0.280 e. The molecule has 1 aliphatic rings. The van der Waals surface area contributed by atoms with E-state index in [1.165, 1.54) is 4.90 Å². The number of benzene rings is 2. The number of aromatic nitrogens is 4. The van der Waals surface area contributed by atoms with Crippen molar-refractivity contribution in [2.45, 2.75) is 58.9 Å². The number of rotatable bonds is 10. The summed E-state index contributed by atoms with van der Waals surface area (Å²) in [5.74, 6) is 0.275. The Labute approximate surface area is 203 Å². The molecule has 2 heterocycles. The molecule has 0 bridgehead atoms. The zero-order chi connectivity index (χ0) is 24.8. The molecular formula is C26H30F2N6O. The van der Waals surface area contributed by atoms with E-state index in [0.717, 1.165) is 35.1 Å². The molecule has 35 heavy (non-hydrogen) atoms. The molecule has 0 aliphatic carbocycles. The van der Waals surface area contributed by atoms with Crippen LogP contribution < -0.4 is 0 Å². The van der Waals surface area contributed by atoms with Crippen LogP contribution in [-0.4, -0.2) is 49.4 Å². The molecule has 2 aromatic carbocycles. The van der Waals surface area contributed by atoms with Crippen LogP contribution in [0.25, 0.3) is 22.5 Å². The molecule has 0 unspecified atom stereocenters. The Hall–Kier alpha value is -3.62. The van der Waals surface area contributed by atoms with Crippen LogP contribution in [0, 0.1) is 0 Å². The molecular weight excluding hydrogens is 450 g/mol. The van der Waals surface area contributed by atoms with Gasteiger partial charge in [-0.25, -0.2) is 8.78 Å². The normalized spacial score (nSPS) is 13.9. The number of hydrogen-bond acceptors (Lipinski definition) is 5. The molecule has 0 fully saturated rings. The van der Waals surface area contributed by atoms with E-state index in [9.17, 15) is 13.6 Å². The van der Waals surface area contributed by atoms with Crippen molar-refractivity contribution in [3.05, 3.63) is 65.5 Å². The second-order valence-electron chi connectivity index (χ2n) is 8.63. The number of carbonyl (C=O) groups excluding carboxylic acids is 1. The van der Waals surface area contributed by atoms with Crippen LogP contribution in [0.15, 0.2) is 59.9 Å². The lowest BCUT2D eigenvalue weighted by atomic mass is 9.98. The number of halogens is 2. The van der Waals surface area contributed by atoms with Crippen LogP contribution in [0.3, 0.4) is 0 Å². The highest BCUT2D eigenvalue weighted by Crippen LogP contribution is 2.34. The molecule has 1 N–H and O–H groups in total. The molecule has 1 aliphatic heterocycles. The van der Waals surface area contributed by atoms with Gasteiger partial charge in [0.25, 0.3) is 6.43 Å². The molecule has 0 atom stereocenters. The fourth-order valence-corrected chi connectivity index (χ4v) is 4.45. The van der Waals surface area contributed by atoms with E-state index in [1.54, 1.807) is 0 Å². The zero-order valence-corrected chi connectivity index (χ0v) is 20.0. The average Bonchev–Trinajstić information content (AvgIpc) is 3.52. The van der Waals surface area contributed by atoms with Crippen molar-refractivity contribution in [1.29, 1.82) is 0 Å². The number of nitrogens with zero attached hydrogens (tertiary/aromatic N) is 5. The fourth-order valence-electron chi connectivity index (χ4n) is 4.45. The smallest absolute Gasteiger partial charge is 0.280 e. The average molecular weight is 481 g/mol. The van der Waals surface area contributed by atoms with E-state index < -0.39 is 6.43 Å². The summed E-state index contributed by atoms with van der Waals surface area (Å²) in [6.45, 7) is 4.54. The second-order valence-corrected chi connectivity index (χ2v) is 8.63. The summed E-state index contributed by atoms with van der Waals surface area (Å²) in [7, 11) is 0.